The first-order valence-corrected chi connectivity index (χ1v) is 9.75. The van der Waals surface area contributed by atoms with Crippen molar-refractivity contribution in [2.24, 2.45) is 4.99 Å². The molecule has 0 radical (unpaired) electrons. The van der Waals surface area contributed by atoms with Gasteiger partial charge in [0.1, 0.15) is 11.5 Å². The molecule has 0 spiro atoms. The quantitative estimate of drug-likeness (QED) is 0.413. The molecule has 1 aromatic heterocycles. The summed E-state index contributed by atoms with van der Waals surface area (Å²) >= 11 is 0. The molecule has 0 unspecified atom stereocenters. The van der Waals surface area contributed by atoms with Crippen LogP contribution in [0, 0.1) is 0 Å². The number of ether oxygens (including phenoxy) is 2. The molecular weight excluding hydrogens is 394 g/mol. The van der Waals surface area contributed by atoms with E-state index in [0.29, 0.717) is 23.7 Å². The lowest BCUT2D eigenvalue weighted by molar-refractivity contribution is -0.129. The molecule has 1 aliphatic heterocycles. The van der Waals surface area contributed by atoms with Crippen LogP contribution < -0.4 is 0 Å². The van der Waals surface area contributed by atoms with Crippen LogP contribution in [0.2, 0.25) is 0 Å². The van der Waals surface area contributed by atoms with Gasteiger partial charge < -0.3 is 13.9 Å². The van der Waals surface area contributed by atoms with Gasteiger partial charge in [-0.15, -0.1) is 0 Å². The number of carbonyl (C=O) groups is 2. The van der Waals surface area contributed by atoms with Gasteiger partial charge in [0, 0.05) is 17.7 Å². The Morgan fingerprint density at radius 1 is 1.00 bits per heavy atom. The fraction of sp³-hybridized carbons (Fsp3) is 0.0800. The molecule has 3 aromatic rings. The Morgan fingerprint density at radius 3 is 2.52 bits per heavy atom. The van der Waals surface area contributed by atoms with E-state index in [1.54, 1.807) is 49.4 Å². The van der Waals surface area contributed by atoms with E-state index in [0.717, 1.165) is 11.1 Å². The van der Waals surface area contributed by atoms with Crippen molar-refractivity contribution in [2.45, 2.75) is 6.92 Å². The van der Waals surface area contributed by atoms with E-state index in [-0.39, 0.29) is 17.6 Å². The predicted octanol–water partition coefficient (Wildman–Crippen LogP) is 5.13. The molecule has 0 aliphatic carbocycles. The Balaban J connectivity index is 1.48. The average Bonchev–Trinajstić information content (AvgIpc) is 3.40. The normalized spacial score (nSPS) is 14.7. The standard InChI is InChI=1S/C25H19NO5/c1-2-29-24(27)19-11-9-18(10-12-19)22-14-13-20(30-22)16-21-25(28)31-23(26-21)15-8-17-6-4-3-5-7-17/h3-16H,2H2,1H3. The molecular formula is C25H19NO5. The highest BCUT2D eigenvalue weighted by molar-refractivity contribution is 6.11. The molecule has 0 saturated carbocycles. The number of nitrogens with zero attached hydrogens (tertiary/aromatic N) is 1. The molecule has 154 valence electrons. The smallest absolute Gasteiger partial charge is 0.363 e. The summed E-state index contributed by atoms with van der Waals surface area (Å²) in [6.07, 6.45) is 4.99. The van der Waals surface area contributed by atoms with Crippen LogP contribution in [-0.4, -0.2) is 24.4 Å². The molecule has 31 heavy (non-hydrogen) atoms. The van der Waals surface area contributed by atoms with Crippen molar-refractivity contribution in [1.29, 1.82) is 0 Å². The Labute approximate surface area is 179 Å². The molecule has 0 saturated heterocycles. The monoisotopic (exact) mass is 413 g/mol. The summed E-state index contributed by atoms with van der Waals surface area (Å²) in [5.41, 5.74) is 2.40. The summed E-state index contributed by atoms with van der Waals surface area (Å²) in [6, 6.07) is 20.1. The van der Waals surface area contributed by atoms with Crippen molar-refractivity contribution >= 4 is 30.0 Å². The molecule has 6 nitrogen and oxygen atoms in total. The summed E-state index contributed by atoms with van der Waals surface area (Å²) in [6.45, 7) is 2.09. The first-order chi connectivity index (χ1) is 15.1. The Kier molecular flexibility index (Phi) is 5.89. The van der Waals surface area contributed by atoms with Crippen LogP contribution in [0.1, 0.15) is 28.6 Å². The van der Waals surface area contributed by atoms with Crippen molar-refractivity contribution < 1.29 is 23.5 Å². The van der Waals surface area contributed by atoms with E-state index in [2.05, 4.69) is 4.99 Å². The number of furan rings is 1. The molecule has 0 N–H and O–H groups in total. The van der Waals surface area contributed by atoms with Crippen molar-refractivity contribution in [3.8, 4) is 11.3 Å². The van der Waals surface area contributed by atoms with Gasteiger partial charge in [-0.05, 0) is 42.8 Å². The van der Waals surface area contributed by atoms with Crippen LogP contribution in [0.4, 0.5) is 0 Å². The maximum atomic E-state index is 12.1. The number of aliphatic imine (C=N–C) groups is 1. The van der Waals surface area contributed by atoms with E-state index >= 15 is 0 Å². The van der Waals surface area contributed by atoms with E-state index in [9.17, 15) is 9.59 Å². The molecule has 2 heterocycles. The average molecular weight is 413 g/mol. The minimum absolute atomic E-state index is 0.159. The molecule has 0 amide bonds. The van der Waals surface area contributed by atoms with Gasteiger partial charge in [0.15, 0.2) is 5.70 Å². The highest BCUT2D eigenvalue weighted by Gasteiger charge is 2.21. The second kappa shape index (κ2) is 9.09. The van der Waals surface area contributed by atoms with Crippen LogP contribution in [0.3, 0.4) is 0 Å². The van der Waals surface area contributed by atoms with Gasteiger partial charge in [-0.25, -0.2) is 14.6 Å². The topological polar surface area (TPSA) is 78.1 Å². The largest absolute Gasteiger partial charge is 0.462 e. The maximum Gasteiger partial charge on any atom is 0.363 e. The van der Waals surface area contributed by atoms with Gasteiger partial charge in [0.25, 0.3) is 0 Å². The fourth-order valence-corrected chi connectivity index (χ4v) is 2.93. The maximum absolute atomic E-state index is 12.1. The number of rotatable bonds is 6. The van der Waals surface area contributed by atoms with Crippen molar-refractivity contribution in [3.05, 3.63) is 95.4 Å². The second-order valence-corrected chi connectivity index (χ2v) is 6.61. The van der Waals surface area contributed by atoms with Gasteiger partial charge in [0.2, 0.25) is 5.90 Å². The zero-order valence-electron chi connectivity index (χ0n) is 16.8. The molecule has 0 bridgehead atoms. The molecule has 0 atom stereocenters. The van der Waals surface area contributed by atoms with Gasteiger partial charge >= 0.3 is 11.9 Å². The number of hydrogen-bond donors (Lipinski definition) is 0. The minimum Gasteiger partial charge on any atom is -0.462 e. The van der Waals surface area contributed by atoms with Crippen molar-refractivity contribution in [1.82, 2.24) is 0 Å². The SMILES string of the molecule is CCOC(=O)c1ccc(-c2ccc(C=C3N=C(C=Cc4ccccc4)OC3=O)o2)cc1. The van der Waals surface area contributed by atoms with Gasteiger partial charge in [-0.1, -0.05) is 42.5 Å². The molecule has 2 aromatic carbocycles. The van der Waals surface area contributed by atoms with E-state index in [1.165, 1.54) is 6.08 Å². The van der Waals surface area contributed by atoms with Gasteiger partial charge in [-0.2, -0.15) is 0 Å². The van der Waals surface area contributed by atoms with Crippen LogP contribution in [0.25, 0.3) is 23.5 Å². The minimum atomic E-state index is -0.538. The highest BCUT2D eigenvalue weighted by Crippen LogP contribution is 2.25. The third-order valence-corrected chi connectivity index (χ3v) is 4.44. The third-order valence-electron chi connectivity index (χ3n) is 4.44. The molecule has 6 heteroatoms. The number of benzene rings is 2. The summed E-state index contributed by atoms with van der Waals surface area (Å²) in [5.74, 6) is 0.384. The molecule has 4 rings (SSSR count). The number of cyclic esters (lactones) is 1. The zero-order chi connectivity index (χ0) is 21.6. The second-order valence-electron chi connectivity index (χ2n) is 6.61. The van der Waals surface area contributed by atoms with E-state index < -0.39 is 5.97 Å². The van der Waals surface area contributed by atoms with Gasteiger partial charge in [-0.3, -0.25) is 0 Å². The summed E-state index contributed by atoms with van der Waals surface area (Å²) in [7, 11) is 0. The Hall–Kier alpha value is -4.19. The summed E-state index contributed by atoms with van der Waals surface area (Å²) in [5, 5.41) is 0. The molecule has 0 fully saturated rings. The number of carbonyl (C=O) groups excluding carboxylic acids is 2. The predicted molar refractivity (Wildman–Crippen MR) is 117 cm³/mol. The highest BCUT2D eigenvalue weighted by atomic mass is 16.6. The fourth-order valence-electron chi connectivity index (χ4n) is 2.93. The summed E-state index contributed by atoms with van der Waals surface area (Å²) in [4.78, 5) is 28.1. The molecule has 1 aliphatic rings. The van der Waals surface area contributed by atoms with E-state index in [1.807, 2.05) is 36.4 Å². The Bertz CT molecular complexity index is 1180. The summed E-state index contributed by atoms with van der Waals surface area (Å²) < 4.78 is 16.0. The van der Waals surface area contributed by atoms with Crippen LogP contribution in [0.15, 0.2) is 87.9 Å². The lowest BCUT2D eigenvalue weighted by atomic mass is 10.1. The first kappa shape index (κ1) is 20.1. The van der Waals surface area contributed by atoms with Crippen LogP contribution in [0.5, 0.6) is 0 Å². The van der Waals surface area contributed by atoms with Crippen LogP contribution in [-0.2, 0) is 14.3 Å². The number of esters is 2. The lowest BCUT2D eigenvalue weighted by Crippen LogP contribution is -2.03. The third kappa shape index (κ3) is 4.87. The van der Waals surface area contributed by atoms with Crippen LogP contribution >= 0.6 is 0 Å². The first-order valence-electron chi connectivity index (χ1n) is 9.75. The zero-order valence-corrected chi connectivity index (χ0v) is 16.8. The Morgan fingerprint density at radius 2 is 1.77 bits per heavy atom. The van der Waals surface area contributed by atoms with Gasteiger partial charge in [0.05, 0.1) is 12.2 Å². The van der Waals surface area contributed by atoms with E-state index in [4.69, 9.17) is 13.9 Å². The van der Waals surface area contributed by atoms with Crippen molar-refractivity contribution in [2.75, 3.05) is 6.61 Å². The lowest BCUT2D eigenvalue weighted by Gasteiger charge is -2.02. The van der Waals surface area contributed by atoms with Crippen molar-refractivity contribution in [3.63, 3.8) is 0 Å². The number of hydrogen-bond acceptors (Lipinski definition) is 6.